The molecule has 0 bridgehead atoms. The molecule has 0 aromatic heterocycles. The van der Waals surface area contributed by atoms with E-state index in [4.69, 9.17) is 19.0 Å². The van der Waals surface area contributed by atoms with Crippen LogP contribution in [0.25, 0.3) is 0 Å². The summed E-state index contributed by atoms with van der Waals surface area (Å²) < 4.78 is 15.6. The number of methoxy groups -OCH3 is 1. The maximum atomic E-state index is 13.5. The molecule has 0 fully saturated rings. The molecule has 3 rings (SSSR count). The van der Waals surface area contributed by atoms with Crippen LogP contribution in [0, 0.1) is 0 Å². The van der Waals surface area contributed by atoms with Crippen LogP contribution in [-0.2, 0) is 34.7 Å². The molecule has 1 aliphatic rings. The van der Waals surface area contributed by atoms with Gasteiger partial charge >= 0.3 is 12.4 Å². The summed E-state index contributed by atoms with van der Waals surface area (Å²) in [4.78, 5) is 31.0. The molecular formula is C30H38N2O6. The molecule has 1 amide bonds. The first-order valence-electron chi connectivity index (χ1n) is 12.8. The quantitative estimate of drug-likeness (QED) is 0.134. The Balaban J connectivity index is 1.94. The van der Waals surface area contributed by atoms with Crippen molar-refractivity contribution in [1.82, 2.24) is 0 Å². The second kappa shape index (κ2) is 12.4. The zero-order valence-corrected chi connectivity index (χ0v) is 23.1. The standard InChI is InChI=1S/C30H38N2O6/c1-8-18-37-27(34)20-10-13-22(14-11-20)31-26(33)25(32-38-28(35-7)36-9-2)21-12-15-23-24(19-21)30(5,6)17-16-29(23,3)4/h8,10-15,19,28H,1,9,16-18H2,2-7H3,(H,31,33). The number of nitrogens with zero attached hydrogens (tertiary/aromatic N) is 1. The van der Waals surface area contributed by atoms with E-state index in [9.17, 15) is 9.59 Å². The minimum absolute atomic E-state index is 0.0319. The van der Waals surface area contributed by atoms with E-state index in [1.54, 1.807) is 31.2 Å². The summed E-state index contributed by atoms with van der Waals surface area (Å²) in [6.45, 7) is 13.7. The molecule has 0 saturated carbocycles. The lowest BCUT2D eigenvalue weighted by molar-refractivity contribution is -0.275. The van der Waals surface area contributed by atoms with Gasteiger partial charge in [0.25, 0.3) is 5.91 Å². The van der Waals surface area contributed by atoms with Crippen molar-refractivity contribution < 1.29 is 28.6 Å². The van der Waals surface area contributed by atoms with Gasteiger partial charge < -0.3 is 24.4 Å². The highest BCUT2D eigenvalue weighted by molar-refractivity contribution is 6.48. The molecule has 0 heterocycles. The number of fused-ring (bicyclic) bond motifs is 1. The average molecular weight is 523 g/mol. The molecule has 0 radical (unpaired) electrons. The first-order valence-corrected chi connectivity index (χ1v) is 12.8. The number of esters is 1. The fourth-order valence-corrected chi connectivity index (χ4v) is 4.43. The summed E-state index contributed by atoms with van der Waals surface area (Å²) in [6.07, 6.45) is 3.61. The summed E-state index contributed by atoms with van der Waals surface area (Å²) in [7, 11) is 1.43. The van der Waals surface area contributed by atoms with Crippen molar-refractivity contribution in [3.05, 3.63) is 77.4 Å². The molecule has 1 unspecified atom stereocenters. The number of hydrogen-bond acceptors (Lipinski definition) is 7. The van der Waals surface area contributed by atoms with E-state index >= 15 is 0 Å². The summed E-state index contributed by atoms with van der Waals surface area (Å²) in [5.41, 5.74) is 3.95. The van der Waals surface area contributed by atoms with Crippen LogP contribution in [0.5, 0.6) is 0 Å². The molecule has 0 saturated heterocycles. The van der Waals surface area contributed by atoms with Gasteiger partial charge in [0.05, 0.1) is 12.2 Å². The van der Waals surface area contributed by atoms with Crippen LogP contribution in [0.4, 0.5) is 5.69 Å². The number of carbonyl (C=O) groups excluding carboxylic acids is 2. The van der Waals surface area contributed by atoms with Gasteiger partial charge in [0.15, 0.2) is 5.71 Å². The minimum atomic E-state index is -1.06. The number of nitrogens with one attached hydrogen (secondary N) is 1. The Hall–Kier alpha value is -3.49. The molecule has 2 aromatic rings. The SMILES string of the molecule is C=CCOC(=O)c1ccc(NC(=O)C(=NOC(OC)OCC)c2ccc3c(c2)C(C)(C)CCC3(C)C)cc1. The van der Waals surface area contributed by atoms with Gasteiger partial charge in [-0.15, -0.1) is 0 Å². The van der Waals surface area contributed by atoms with Crippen molar-refractivity contribution in [3.8, 4) is 0 Å². The van der Waals surface area contributed by atoms with Crippen LogP contribution >= 0.6 is 0 Å². The second-order valence-corrected chi connectivity index (χ2v) is 10.5. The maximum Gasteiger partial charge on any atom is 0.339 e. The summed E-state index contributed by atoms with van der Waals surface area (Å²) >= 11 is 0. The van der Waals surface area contributed by atoms with Crippen molar-refractivity contribution in [3.63, 3.8) is 0 Å². The molecule has 204 valence electrons. The molecule has 8 nitrogen and oxygen atoms in total. The highest BCUT2D eigenvalue weighted by Crippen LogP contribution is 2.46. The first-order chi connectivity index (χ1) is 18.0. The third-order valence-corrected chi connectivity index (χ3v) is 6.78. The van der Waals surface area contributed by atoms with Gasteiger partial charge in [-0.2, -0.15) is 0 Å². The Kier molecular flexibility index (Phi) is 9.46. The lowest BCUT2D eigenvalue weighted by Gasteiger charge is -2.42. The van der Waals surface area contributed by atoms with E-state index < -0.39 is 18.4 Å². The number of carbonyl (C=O) groups is 2. The Morgan fingerprint density at radius 3 is 2.26 bits per heavy atom. The zero-order chi connectivity index (χ0) is 27.9. The molecule has 8 heteroatoms. The van der Waals surface area contributed by atoms with Crippen molar-refractivity contribution in [2.45, 2.75) is 64.8 Å². The molecule has 38 heavy (non-hydrogen) atoms. The van der Waals surface area contributed by atoms with Gasteiger partial charge in [-0.3, -0.25) is 4.79 Å². The largest absolute Gasteiger partial charge is 0.458 e. The van der Waals surface area contributed by atoms with Crippen LogP contribution in [0.15, 0.2) is 60.3 Å². The summed E-state index contributed by atoms with van der Waals surface area (Å²) in [5.74, 6) is -0.953. The fourth-order valence-electron chi connectivity index (χ4n) is 4.43. The van der Waals surface area contributed by atoms with Gasteiger partial charge in [-0.05, 0) is 72.1 Å². The van der Waals surface area contributed by atoms with Crippen LogP contribution in [0.1, 0.15) is 74.5 Å². The Bertz CT molecular complexity index is 1180. The van der Waals surface area contributed by atoms with E-state index in [-0.39, 0.29) is 23.1 Å². The van der Waals surface area contributed by atoms with Crippen molar-refractivity contribution in [2.24, 2.45) is 5.16 Å². The van der Waals surface area contributed by atoms with E-state index in [0.717, 1.165) is 12.8 Å². The highest BCUT2D eigenvalue weighted by Gasteiger charge is 2.37. The predicted octanol–water partition coefficient (Wildman–Crippen LogP) is 5.70. The van der Waals surface area contributed by atoms with Crippen LogP contribution < -0.4 is 5.32 Å². The Morgan fingerprint density at radius 2 is 1.66 bits per heavy atom. The second-order valence-electron chi connectivity index (χ2n) is 10.5. The first kappa shape index (κ1) is 29.1. The van der Waals surface area contributed by atoms with Crippen molar-refractivity contribution >= 4 is 23.3 Å². The van der Waals surface area contributed by atoms with Crippen LogP contribution in [0.3, 0.4) is 0 Å². The van der Waals surface area contributed by atoms with E-state index in [0.29, 0.717) is 23.4 Å². The number of oxime groups is 1. The lowest BCUT2D eigenvalue weighted by Crippen LogP contribution is -2.34. The molecule has 1 N–H and O–H groups in total. The summed E-state index contributed by atoms with van der Waals surface area (Å²) in [6, 6.07) is 12.4. The number of benzene rings is 2. The van der Waals surface area contributed by atoms with E-state index in [1.165, 1.54) is 24.3 Å². The smallest absolute Gasteiger partial charge is 0.339 e. The monoisotopic (exact) mass is 522 g/mol. The Labute approximate surface area is 225 Å². The molecule has 1 atom stereocenters. The van der Waals surface area contributed by atoms with Gasteiger partial charge in [0, 0.05) is 18.4 Å². The van der Waals surface area contributed by atoms with E-state index in [2.05, 4.69) is 50.8 Å². The number of anilines is 1. The topological polar surface area (TPSA) is 95.5 Å². The normalized spacial score (nSPS) is 16.6. The van der Waals surface area contributed by atoms with Gasteiger partial charge in [0.2, 0.25) is 0 Å². The molecular weight excluding hydrogens is 484 g/mol. The van der Waals surface area contributed by atoms with Gasteiger partial charge in [-0.25, -0.2) is 4.79 Å². The summed E-state index contributed by atoms with van der Waals surface area (Å²) in [5, 5.41) is 7.00. The van der Waals surface area contributed by atoms with Gasteiger partial charge in [-0.1, -0.05) is 57.6 Å². The highest BCUT2D eigenvalue weighted by atomic mass is 16.9. The lowest BCUT2D eigenvalue weighted by atomic mass is 9.63. The molecule has 0 aliphatic heterocycles. The fraction of sp³-hybridized carbons (Fsp3) is 0.433. The molecule has 1 aliphatic carbocycles. The van der Waals surface area contributed by atoms with Crippen molar-refractivity contribution in [1.29, 1.82) is 0 Å². The number of hydrogen-bond donors (Lipinski definition) is 1. The van der Waals surface area contributed by atoms with Crippen molar-refractivity contribution in [2.75, 3.05) is 25.6 Å². The zero-order valence-electron chi connectivity index (χ0n) is 23.1. The molecule has 0 spiro atoms. The van der Waals surface area contributed by atoms with Gasteiger partial charge in [0.1, 0.15) is 6.61 Å². The third kappa shape index (κ3) is 6.88. The molecule has 2 aromatic carbocycles. The average Bonchev–Trinajstić information content (AvgIpc) is 2.89. The third-order valence-electron chi connectivity index (χ3n) is 6.78. The number of rotatable bonds is 11. The number of amides is 1. The van der Waals surface area contributed by atoms with Crippen LogP contribution in [-0.4, -0.2) is 44.4 Å². The minimum Gasteiger partial charge on any atom is -0.458 e. The Morgan fingerprint density at radius 1 is 1.03 bits per heavy atom. The maximum absolute atomic E-state index is 13.5. The van der Waals surface area contributed by atoms with E-state index in [1.807, 2.05) is 12.1 Å². The van der Waals surface area contributed by atoms with Crippen LogP contribution in [0.2, 0.25) is 0 Å². The predicted molar refractivity (Wildman–Crippen MR) is 147 cm³/mol. The number of ether oxygens (including phenoxy) is 3.